The van der Waals surface area contributed by atoms with Gasteiger partial charge in [0.1, 0.15) is 5.82 Å². The van der Waals surface area contributed by atoms with E-state index >= 15 is 0 Å². The van der Waals surface area contributed by atoms with Crippen LogP contribution in [-0.4, -0.2) is 63.3 Å². The predicted octanol–water partition coefficient (Wildman–Crippen LogP) is 2.00. The minimum Gasteiger partial charge on any atom is -0.478 e. The molecule has 1 atom stereocenters. The third kappa shape index (κ3) is 5.02. The molecule has 0 unspecified atom stereocenters. The first-order chi connectivity index (χ1) is 12.6. The van der Waals surface area contributed by atoms with Crippen LogP contribution in [0.2, 0.25) is 0 Å². The van der Waals surface area contributed by atoms with Crippen molar-refractivity contribution < 1.29 is 15.0 Å². The van der Waals surface area contributed by atoms with Crippen molar-refractivity contribution in [2.45, 2.75) is 44.6 Å². The van der Waals surface area contributed by atoms with Crippen molar-refractivity contribution in [1.82, 2.24) is 14.9 Å². The minimum atomic E-state index is -1.00. The van der Waals surface area contributed by atoms with E-state index in [9.17, 15) is 9.90 Å². The molecule has 1 aromatic rings. The lowest BCUT2D eigenvalue weighted by Gasteiger charge is -2.38. The van der Waals surface area contributed by atoms with Crippen LogP contribution in [0.4, 0.5) is 5.82 Å². The number of nitrogens with one attached hydrogen (secondary N) is 1. The Labute approximate surface area is 154 Å². The zero-order chi connectivity index (χ0) is 18.4. The molecule has 0 spiro atoms. The van der Waals surface area contributed by atoms with Gasteiger partial charge in [0.25, 0.3) is 0 Å². The molecule has 1 aromatic heterocycles. The maximum Gasteiger partial charge on any atom is 0.328 e. The fraction of sp³-hybridized carbons (Fsp3) is 0.632. The zero-order valence-corrected chi connectivity index (χ0v) is 15.1. The van der Waals surface area contributed by atoms with Crippen LogP contribution in [0, 0.1) is 5.41 Å². The van der Waals surface area contributed by atoms with E-state index in [2.05, 4.69) is 20.2 Å². The van der Waals surface area contributed by atoms with Crippen LogP contribution in [-0.2, 0) is 4.79 Å². The number of hydrogen-bond donors (Lipinski definition) is 3. The molecule has 1 saturated carbocycles. The van der Waals surface area contributed by atoms with Gasteiger partial charge in [0.2, 0.25) is 0 Å². The number of anilines is 1. The molecule has 2 heterocycles. The van der Waals surface area contributed by atoms with Gasteiger partial charge in [0, 0.05) is 43.8 Å². The molecule has 0 bridgehead atoms. The normalized spacial score (nSPS) is 23.3. The number of nitrogens with zero attached hydrogens (tertiary/aromatic N) is 3. The highest BCUT2D eigenvalue weighted by Gasteiger charge is 2.35. The van der Waals surface area contributed by atoms with Crippen LogP contribution in [0.25, 0.3) is 6.08 Å². The first-order valence-electron chi connectivity index (χ1n) is 9.41. The summed E-state index contributed by atoms with van der Waals surface area (Å²) in [5.41, 5.74) is 0.610. The highest BCUT2D eigenvalue weighted by molar-refractivity contribution is 5.84. The molecule has 142 valence electrons. The topological polar surface area (TPSA) is 98.6 Å². The monoisotopic (exact) mass is 360 g/mol. The van der Waals surface area contributed by atoms with Crippen LogP contribution in [0.1, 0.15) is 44.2 Å². The molecular weight excluding hydrogens is 332 g/mol. The Balaban J connectivity index is 1.50. The first kappa shape index (κ1) is 18.8. The number of carbonyl (C=O) groups is 1. The largest absolute Gasteiger partial charge is 0.478 e. The fourth-order valence-electron chi connectivity index (χ4n) is 4.10. The molecule has 1 aliphatic carbocycles. The third-order valence-electron chi connectivity index (χ3n) is 5.50. The Bertz CT molecular complexity index is 626. The molecule has 3 rings (SSSR count). The van der Waals surface area contributed by atoms with Crippen molar-refractivity contribution in [3.8, 4) is 0 Å². The van der Waals surface area contributed by atoms with E-state index in [0.29, 0.717) is 24.2 Å². The van der Waals surface area contributed by atoms with Crippen LogP contribution < -0.4 is 5.32 Å². The number of aliphatic hydroxyl groups is 1. The molecule has 0 amide bonds. The van der Waals surface area contributed by atoms with E-state index in [4.69, 9.17) is 5.11 Å². The number of rotatable bonds is 7. The standard InChI is InChI=1S/C19H28N4O3/c24-14-19(7-2-1-3-8-19)13-23-9-6-16(12-23)22-17-11-20-15(10-21-17)4-5-18(25)26/h4-5,10-11,16,24H,1-3,6-9,12-14H2,(H,21,22)(H,25,26)/t16-/m1/s1. The van der Waals surface area contributed by atoms with Crippen molar-refractivity contribution in [2.24, 2.45) is 5.41 Å². The van der Waals surface area contributed by atoms with E-state index < -0.39 is 5.97 Å². The number of carboxylic acid groups (broad SMARTS) is 1. The van der Waals surface area contributed by atoms with Crippen molar-refractivity contribution in [3.05, 3.63) is 24.2 Å². The summed E-state index contributed by atoms with van der Waals surface area (Å²) < 4.78 is 0. The van der Waals surface area contributed by atoms with Gasteiger partial charge in [-0.1, -0.05) is 19.3 Å². The van der Waals surface area contributed by atoms with Gasteiger partial charge >= 0.3 is 5.97 Å². The molecule has 26 heavy (non-hydrogen) atoms. The molecule has 3 N–H and O–H groups in total. The zero-order valence-electron chi connectivity index (χ0n) is 15.1. The Kier molecular flexibility index (Phi) is 6.21. The molecule has 1 saturated heterocycles. The van der Waals surface area contributed by atoms with Gasteiger partial charge in [-0.25, -0.2) is 9.78 Å². The maximum absolute atomic E-state index is 10.5. The van der Waals surface area contributed by atoms with Crippen molar-refractivity contribution >= 4 is 17.9 Å². The van der Waals surface area contributed by atoms with Crippen molar-refractivity contribution in [3.63, 3.8) is 0 Å². The van der Waals surface area contributed by atoms with Gasteiger partial charge in [-0.15, -0.1) is 0 Å². The third-order valence-corrected chi connectivity index (χ3v) is 5.50. The SMILES string of the molecule is O=C(O)C=Cc1cnc(N[C@@H]2CCN(CC3(CO)CCCCC3)C2)cn1. The maximum atomic E-state index is 10.5. The summed E-state index contributed by atoms with van der Waals surface area (Å²) in [6.45, 7) is 3.25. The van der Waals surface area contributed by atoms with E-state index in [-0.39, 0.29) is 5.41 Å². The number of aliphatic carboxylic acids is 1. The van der Waals surface area contributed by atoms with Gasteiger partial charge in [-0.05, 0) is 25.3 Å². The average molecular weight is 360 g/mol. The molecule has 7 heteroatoms. The second-order valence-electron chi connectivity index (χ2n) is 7.58. The van der Waals surface area contributed by atoms with E-state index in [1.807, 2.05) is 0 Å². The van der Waals surface area contributed by atoms with Crippen LogP contribution in [0.15, 0.2) is 18.5 Å². The highest BCUT2D eigenvalue weighted by Crippen LogP contribution is 2.37. The quantitative estimate of drug-likeness (QED) is 0.640. The fourth-order valence-corrected chi connectivity index (χ4v) is 4.10. The lowest BCUT2D eigenvalue weighted by Crippen LogP contribution is -2.41. The lowest BCUT2D eigenvalue weighted by molar-refractivity contribution is -0.131. The predicted molar refractivity (Wildman–Crippen MR) is 99.8 cm³/mol. The van der Waals surface area contributed by atoms with Gasteiger partial charge in [-0.3, -0.25) is 4.98 Å². The summed E-state index contributed by atoms with van der Waals surface area (Å²) in [5, 5.41) is 21.9. The summed E-state index contributed by atoms with van der Waals surface area (Å²) in [5.74, 6) is -0.294. The van der Waals surface area contributed by atoms with Crippen LogP contribution >= 0.6 is 0 Å². The van der Waals surface area contributed by atoms with Gasteiger partial charge in [0.15, 0.2) is 0 Å². The van der Waals surface area contributed by atoms with Crippen molar-refractivity contribution in [2.75, 3.05) is 31.6 Å². The number of carboxylic acids is 1. The number of aromatic nitrogens is 2. The molecule has 2 fully saturated rings. The second-order valence-corrected chi connectivity index (χ2v) is 7.58. The van der Waals surface area contributed by atoms with Crippen molar-refractivity contribution in [1.29, 1.82) is 0 Å². The van der Waals surface area contributed by atoms with E-state index in [1.54, 1.807) is 12.4 Å². The summed E-state index contributed by atoms with van der Waals surface area (Å²) in [6, 6.07) is 0.323. The van der Waals surface area contributed by atoms with E-state index in [0.717, 1.165) is 45.0 Å². The molecule has 0 radical (unpaired) electrons. The number of hydrogen-bond acceptors (Lipinski definition) is 6. The van der Waals surface area contributed by atoms with Gasteiger partial charge in [-0.2, -0.15) is 0 Å². The molecular formula is C19H28N4O3. The Morgan fingerprint density at radius 1 is 1.31 bits per heavy atom. The van der Waals surface area contributed by atoms with Crippen LogP contribution in [0.5, 0.6) is 0 Å². The Hall–Kier alpha value is -1.99. The lowest BCUT2D eigenvalue weighted by atomic mass is 9.74. The molecule has 0 aromatic carbocycles. The highest BCUT2D eigenvalue weighted by atomic mass is 16.4. The second kappa shape index (κ2) is 8.60. The van der Waals surface area contributed by atoms with Gasteiger partial charge in [0.05, 0.1) is 18.1 Å². The average Bonchev–Trinajstić information content (AvgIpc) is 3.08. The number of aliphatic hydroxyl groups excluding tert-OH is 1. The Morgan fingerprint density at radius 3 is 2.77 bits per heavy atom. The van der Waals surface area contributed by atoms with Gasteiger partial charge < -0.3 is 20.4 Å². The summed E-state index contributed by atoms with van der Waals surface area (Å²) in [4.78, 5) is 21.5. The molecule has 2 aliphatic rings. The van der Waals surface area contributed by atoms with E-state index in [1.165, 1.54) is 25.3 Å². The first-order valence-corrected chi connectivity index (χ1v) is 9.41. The smallest absolute Gasteiger partial charge is 0.328 e. The molecule has 1 aliphatic heterocycles. The number of likely N-dealkylation sites (tertiary alicyclic amines) is 1. The minimum absolute atomic E-state index is 0.0884. The van der Waals surface area contributed by atoms with Crippen LogP contribution in [0.3, 0.4) is 0 Å². The molecule has 7 nitrogen and oxygen atoms in total. The summed E-state index contributed by atoms with van der Waals surface area (Å²) >= 11 is 0. The summed E-state index contributed by atoms with van der Waals surface area (Å²) in [6.07, 6.45) is 12.7. The Morgan fingerprint density at radius 2 is 2.12 bits per heavy atom. The summed E-state index contributed by atoms with van der Waals surface area (Å²) in [7, 11) is 0.